The molecule has 10 nitrogen and oxygen atoms in total. The molecule has 10 heteroatoms. The molecular weight excluding hydrogens is 460 g/mol. The van der Waals surface area contributed by atoms with Crippen molar-refractivity contribution in [3.63, 3.8) is 0 Å². The number of hydrogen-bond acceptors (Lipinski definition) is 8. The first-order valence-corrected chi connectivity index (χ1v) is 11.4. The summed E-state index contributed by atoms with van der Waals surface area (Å²) in [4.78, 5) is 18.0. The van der Waals surface area contributed by atoms with Gasteiger partial charge in [-0.05, 0) is 63.8 Å². The zero-order valence-corrected chi connectivity index (χ0v) is 20.0. The van der Waals surface area contributed by atoms with Crippen molar-refractivity contribution in [1.29, 1.82) is 0 Å². The molecule has 0 aliphatic heterocycles. The van der Waals surface area contributed by atoms with Crippen LogP contribution in [0.15, 0.2) is 76.1 Å². The lowest BCUT2D eigenvalue weighted by Crippen LogP contribution is -2.28. The molecular formula is C26H26N6O4. The normalized spacial score (nSPS) is 11.3. The first kappa shape index (κ1) is 23.3. The number of nitrogens with one attached hydrogen (secondary N) is 1. The second-order valence-corrected chi connectivity index (χ2v) is 8.40. The zero-order chi connectivity index (χ0) is 24.9. The van der Waals surface area contributed by atoms with Crippen LogP contribution in [0.4, 0.5) is 0 Å². The van der Waals surface area contributed by atoms with Gasteiger partial charge in [0, 0.05) is 18.2 Å². The van der Waals surface area contributed by atoms with E-state index in [9.17, 15) is 4.79 Å². The van der Waals surface area contributed by atoms with Gasteiger partial charge in [0.2, 0.25) is 0 Å². The Labute approximate surface area is 207 Å². The highest BCUT2D eigenvalue weighted by Gasteiger charge is 2.17. The molecule has 0 aliphatic carbocycles. The van der Waals surface area contributed by atoms with Crippen LogP contribution in [-0.4, -0.2) is 44.3 Å². The molecule has 2 aromatic carbocycles. The van der Waals surface area contributed by atoms with Gasteiger partial charge in [-0.3, -0.25) is 9.69 Å². The van der Waals surface area contributed by atoms with Gasteiger partial charge in [-0.15, -0.1) is 5.10 Å². The number of aromatic nitrogens is 5. The number of ether oxygens (including phenoxy) is 2. The number of furan rings is 1. The Hall–Kier alpha value is -4.44. The summed E-state index contributed by atoms with van der Waals surface area (Å²) in [6, 6.07) is 19.1. The Kier molecular flexibility index (Phi) is 6.76. The van der Waals surface area contributed by atoms with Crippen molar-refractivity contribution in [3.05, 3.63) is 100.0 Å². The summed E-state index contributed by atoms with van der Waals surface area (Å²) in [6.07, 6.45) is 1.64. The highest BCUT2D eigenvalue weighted by molar-refractivity contribution is 5.80. The topological polar surface area (TPSA) is 111 Å². The maximum atomic E-state index is 12.9. The third-order valence-corrected chi connectivity index (χ3v) is 5.95. The third kappa shape index (κ3) is 5.28. The van der Waals surface area contributed by atoms with Gasteiger partial charge in [0.25, 0.3) is 5.56 Å². The van der Waals surface area contributed by atoms with Crippen LogP contribution in [0.3, 0.4) is 0 Å². The smallest absolute Gasteiger partial charge is 0.252 e. The van der Waals surface area contributed by atoms with E-state index in [1.54, 1.807) is 25.2 Å². The fourth-order valence-electron chi connectivity index (χ4n) is 4.06. The molecule has 0 spiro atoms. The number of hydrogen-bond donors (Lipinski definition) is 1. The largest absolute Gasteiger partial charge is 0.497 e. The quantitative estimate of drug-likeness (QED) is 0.320. The van der Waals surface area contributed by atoms with E-state index in [4.69, 9.17) is 13.9 Å². The molecule has 0 aliphatic rings. The van der Waals surface area contributed by atoms with Gasteiger partial charge in [0.15, 0.2) is 5.82 Å². The van der Waals surface area contributed by atoms with E-state index in [1.807, 2.05) is 60.7 Å². The maximum absolute atomic E-state index is 12.9. The van der Waals surface area contributed by atoms with Gasteiger partial charge in [0.05, 0.1) is 45.6 Å². The third-order valence-electron chi connectivity index (χ3n) is 5.95. The molecule has 0 saturated carbocycles. The molecule has 0 amide bonds. The van der Waals surface area contributed by atoms with Gasteiger partial charge in [-0.25, -0.2) is 4.68 Å². The predicted molar refractivity (Wildman–Crippen MR) is 133 cm³/mol. The number of fused-ring (bicyclic) bond motifs is 1. The van der Waals surface area contributed by atoms with Gasteiger partial charge in [-0.2, -0.15) is 0 Å². The Morgan fingerprint density at radius 1 is 0.972 bits per heavy atom. The highest BCUT2D eigenvalue weighted by atomic mass is 16.5. The minimum atomic E-state index is -0.155. The highest BCUT2D eigenvalue weighted by Crippen LogP contribution is 2.20. The summed E-state index contributed by atoms with van der Waals surface area (Å²) in [5.74, 6) is 2.94. The van der Waals surface area contributed by atoms with Crippen LogP contribution in [0.1, 0.15) is 22.7 Å². The first-order valence-electron chi connectivity index (χ1n) is 11.4. The fraction of sp³-hybridized carbons (Fsp3) is 0.231. The lowest BCUT2D eigenvalue weighted by molar-refractivity contribution is 0.217. The number of methoxy groups -OCH3 is 2. The van der Waals surface area contributed by atoms with Crippen LogP contribution in [0.2, 0.25) is 0 Å². The zero-order valence-electron chi connectivity index (χ0n) is 20.0. The second kappa shape index (κ2) is 10.4. The lowest BCUT2D eigenvalue weighted by atomic mass is 10.1. The predicted octanol–water partition coefficient (Wildman–Crippen LogP) is 3.38. The van der Waals surface area contributed by atoms with Crippen LogP contribution in [0, 0.1) is 0 Å². The molecule has 184 valence electrons. The number of rotatable bonds is 10. The fourth-order valence-corrected chi connectivity index (χ4v) is 4.06. The molecule has 36 heavy (non-hydrogen) atoms. The van der Waals surface area contributed by atoms with Crippen molar-refractivity contribution in [1.82, 2.24) is 30.1 Å². The standard InChI is InChI=1S/C26H26N6O4/c1-34-21-8-5-18(6-9-21)14-32-25(28-29-30-32)17-31(16-23-4-3-11-36-23)15-20-12-19-7-10-22(35-2)13-24(19)27-26(20)33/h3-13H,14-17H2,1-2H3,(H,27,33). The van der Waals surface area contributed by atoms with E-state index in [-0.39, 0.29) is 5.56 Å². The van der Waals surface area contributed by atoms with E-state index in [0.29, 0.717) is 43.3 Å². The van der Waals surface area contributed by atoms with Crippen molar-refractivity contribution < 1.29 is 13.9 Å². The van der Waals surface area contributed by atoms with E-state index < -0.39 is 0 Å². The van der Waals surface area contributed by atoms with Crippen LogP contribution in [0.25, 0.3) is 10.9 Å². The van der Waals surface area contributed by atoms with E-state index in [1.165, 1.54) is 0 Å². The first-order chi connectivity index (χ1) is 17.6. The van der Waals surface area contributed by atoms with Crippen LogP contribution in [-0.2, 0) is 26.2 Å². The number of H-pyrrole nitrogens is 1. The van der Waals surface area contributed by atoms with Gasteiger partial charge in [0.1, 0.15) is 17.3 Å². The molecule has 0 radical (unpaired) electrons. The average molecular weight is 487 g/mol. The van der Waals surface area contributed by atoms with E-state index in [0.717, 1.165) is 28.0 Å². The summed E-state index contributed by atoms with van der Waals surface area (Å²) in [5, 5.41) is 13.2. The number of pyridine rings is 1. The van der Waals surface area contributed by atoms with Crippen molar-refractivity contribution in [2.75, 3.05) is 14.2 Å². The van der Waals surface area contributed by atoms with Crippen LogP contribution in [0.5, 0.6) is 11.5 Å². The number of benzene rings is 2. The summed E-state index contributed by atoms with van der Waals surface area (Å²) >= 11 is 0. The van der Waals surface area contributed by atoms with Crippen molar-refractivity contribution in [2.24, 2.45) is 0 Å². The molecule has 3 heterocycles. The molecule has 5 rings (SSSR count). The van der Waals surface area contributed by atoms with Crippen LogP contribution >= 0.6 is 0 Å². The summed E-state index contributed by atoms with van der Waals surface area (Å²) < 4.78 is 17.9. The van der Waals surface area contributed by atoms with E-state index in [2.05, 4.69) is 25.4 Å². The van der Waals surface area contributed by atoms with Crippen molar-refractivity contribution >= 4 is 10.9 Å². The van der Waals surface area contributed by atoms with Crippen molar-refractivity contribution in [2.45, 2.75) is 26.2 Å². The lowest BCUT2D eigenvalue weighted by Gasteiger charge is -2.20. The minimum Gasteiger partial charge on any atom is -0.497 e. The molecule has 0 unspecified atom stereocenters. The molecule has 0 fully saturated rings. The molecule has 0 saturated heterocycles. The van der Waals surface area contributed by atoms with Crippen molar-refractivity contribution in [3.8, 4) is 11.5 Å². The summed E-state index contributed by atoms with van der Waals surface area (Å²) in [6.45, 7) is 1.80. The number of aromatic amines is 1. The minimum absolute atomic E-state index is 0.155. The summed E-state index contributed by atoms with van der Waals surface area (Å²) in [5.41, 5.74) is 2.25. The van der Waals surface area contributed by atoms with E-state index >= 15 is 0 Å². The van der Waals surface area contributed by atoms with Gasteiger partial charge in [-0.1, -0.05) is 12.1 Å². The summed E-state index contributed by atoms with van der Waals surface area (Å²) in [7, 11) is 3.24. The second-order valence-electron chi connectivity index (χ2n) is 8.40. The maximum Gasteiger partial charge on any atom is 0.252 e. The molecule has 3 aromatic heterocycles. The van der Waals surface area contributed by atoms with Gasteiger partial charge >= 0.3 is 0 Å². The Morgan fingerprint density at radius 3 is 2.53 bits per heavy atom. The molecule has 5 aromatic rings. The molecule has 0 bridgehead atoms. The number of nitrogens with zero attached hydrogens (tertiary/aromatic N) is 5. The molecule has 1 N–H and O–H groups in total. The Bertz CT molecular complexity index is 1490. The Balaban J connectivity index is 1.40. The Morgan fingerprint density at radius 2 is 1.78 bits per heavy atom. The number of tetrazole rings is 1. The van der Waals surface area contributed by atoms with Gasteiger partial charge < -0.3 is 18.9 Å². The SMILES string of the molecule is COc1ccc(Cn2nnnc2CN(Cc2ccco2)Cc2cc3ccc(OC)cc3[nH]c2=O)cc1. The monoisotopic (exact) mass is 486 g/mol. The van der Waals surface area contributed by atoms with Crippen LogP contribution < -0.4 is 15.0 Å². The average Bonchev–Trinajstić information content (AvgIpc) is 3.57. The molecule has 0 atom stereocenters.